The number of thiophene rings is 1. The number of aromatic nitrogens is 3. The van der Waals surface area contributed by atoms with E-state index in [1.165, 1.54) is 42.2 Å². The summed E-state index contributed by atoms with van der Waals surface area (Å²) in [5, 5.41) is 4.93. The number of nitrogens with zero attached hydrogens (tertiary/aromatic N) is 3. The van der Waals surface area contributed by atoms with Gasteiger partial charge in [0, 0.05) is 36.9 Å². The quantitative estimate of drug-likeness (QED) is 0.193. The monoisotopic (exact) mass is 617 g/mol. The summed E-state index contributed by atoms with van der Waals surface area (Å²) < 4.78 is 2.60. The number of hydrogen-bond donors (Lipinski definition) is 0. The fourth-order valence-electron chi connectivity index (χ4n) is 6.29. The van der Waals surface area contributed by atoms with E-state index >= 15 is 0 Å². The van der Waals surface area contributed by atoms with Gasteiger partial charge < -0.3 is 0 Å². The van der Waals surface area contributed by atoms with Crippen LogP contribution in [0.2, 0.25) is 0 Å². The molecule has 2 aromatic heterocycles. The lowest BCUT2D eigenvalue weighted by molar-refractivity contribution is 1.07. The Bertz CT molecular complexity index is 2570. The number of rotatable bonds is 5. The van der Waals surface area contributed by atoms with Gasteiger partial charge in [-0.3, -0.25) is 0 Å². The summed E-state index contributed by atoms with van der Waals surface area (Å²) in [5.41, 5.74) is 7.54. The fraction of sp³-hybridized carbons (Fsp3) is 0. The second-order valence-electron chi connectivity index (χ2n) is 11.7. The molecular weight excluding hydrogens is 591 g/mol. The van der Waals surface area contributed by atoms with E-state index in [0.29, 0.717) is 17.5 Å². The minimum atomic E-state index is 0.650. The van der Waals surface area contributed by atoms with Crippen molar-refractivity contribution in [1.29, 1.82) is 0 Å². The highest BCUT2D eigenvalue weighted by Gasteiger charge is 2.14. The Kier molecular flexibility index (Phi) is 6.65. The van der Waals surface area contributed by atoms with Crippen LogP contribution >= 0.6 is 11.3 Å². The van der Waals surface area contributed by atoms with E-state index in [2.05, 4.69) is 127 Å². The first-order chi connectivity index (χ1) is 23.2. The van der Waals surface area contributed by atoms with Crippen molar-refractivity contribution in [2.75, 3.05) is 0 Å². The molecular formula is C43H27N3S. The van der Waals surface area contributed by atoms with Gasteiger partial charge in [0.25, 0.3) is 0 Å². The molecule has 0 amide bonds. The van der Waals surface area contributed by atoms with Crippen LogP contribution in [0.15, 0.2) is 164 Å². The Labute approximate surface area is 276 Å². The summed E-state index contributed by atoms with van der Waals surface area (Å²) in [6, 6.07) is 57.6. The zero-order chi connectivity index (χ0) is 31.2. The molecule has 9 rings (SSSR count). The predicted octanol–water partition coefficient (Wildman–Crippen LogP) is 11.7. The Hall–Kier alpha value is -5.97. The van der Waals surface area contributed by atoms with Crippen LogP contribution < -0.4 is 0 Å². The minimum absolute atomic E-state index is 0.650. The molecule has 2 heterocycles. The second kappa shape index (κ2) is 11.4. The molecule has 0 radical (unpaired) electrons. The van der Waals surface area contributed by atoms with Crippen molar-refractivity contribution in [3.63, 3.8) is 0 Å². The van der Waals surface area contributed by atoms with E-state index in [-0.39, 0.29) is 0 Å². The van der Waals surface area contributed by atoms with E-state index in [9.17, 15) is 0 Å². The van der Waals surface area contributed by atoms with Crippen LogP contribution in [0.5, 0.6) is 0 Å². The molecule has 0 unspecified atom stereocenters. The summed E-state index contributed by atoms with van der Waals surface area (Å²) in [7, 11) is 0. The molecule has 0 spiro atoms. The average Bonchev–Trinajstić information content (AvgIpc) is 3.53. The zero-order valence-corrected chi connectivity index (χ0v) is 26.2. The summed E-state index contributed by atoms with van der Waals surface area (Å²) in [5.74, 6) is 1.95. The molecule has 7 aromatic carbocycles. The maximum atomic E-state index is 5.08. The van der Waals surface area contributed by atoms with E-state index in [1.807, 2.05) is 47.7 Å². The average molecular weight is 618 g/mol. The zero-order valence-electron chi connectivity index (χ0n) is 25.3. The molecule has 0 aliphatic heterocycles. The molecule has 9 aromatic rings. The SMILES string of the molecule is c1ccc(-c2ccc3ccc(-c4nc(-c5ccccc5)nc(-c5cccc(-c6ccc7c(c6)sc6ccccc67)c5)n4)cc3c2)cc1. The third kappa shape index (κ3) is 5.15. The lowest BCUT2D eigenvalue weighted by Gasteiger charge is -2.11. The van der Waals surface area contributed by atoms with Gasteiger partial charge in [-0.05, 0) is 63.4 Å². The molecule has 0 saturated carbocycles. The van der Waals surface area contributed by atoms with Gasteiger partial charge in [-0.2, -0.15) is 0 Å². The first-order valence-corrected chi connectivity index (χ1v) is 16.5. The molecule has 0 N–H and O–H groups in total. The van der Waals surface area contributed by atoms with Gasteiger partial charge in [0.15, 0.2) is 17.5 Å². The minimum Gasteiger partial charge on any atom is -0.208 e. The third-order valence-electron chi connectivity index (χ3n) is 8.71. The molecule has 0 atom stereocenters. The van der Waals surface area contributed by atoms with Gasteiger partial charge in [0.2, 0.25) is 0 Å². The van der Waals surface area contributed by atoms with Gasteiger partial charge in [-0.1, -0.05) is 133 Å². The molecule has 47 heavy (non-hydrogen) atoms. The lowest BCUT2D eigenvalue weighted by Crippen LogP contribution is -2.00. The predicted molar refractivity (Wildman–Crippen MR) is 197 cm³/mol. The van der Waals surface area contributed by atoms with E-state index in [4.69, 9.17) is 15.0 Å². The van der Waals surface area contributed by atoms with Crippen LogP contribution in [0.1, 0.15) is 0 Å². The van der Waals surface area contributed by atoms with Crippen molar-refractivity contribution in [2.24, 2.45) is 0 Å². The van der Waals surface area contributed by atoms with Crippen LogP contribution in [0.4, 0.5) is 0 Å². The second-order valence-corrected chi connectivity index (χ2v) is 12.8. The van der Waals surface area contributed by atoms with Crippen LogP contribution in [-0.4, -0.2) is 15.0 Å². The maximum Gasteiger partial charge on any atom is 0.164 e. The summed E-state index contributed by atoms with van der Waals surface area (Å²) >= 11 is 1.84. The molecule has 220 valence electrons. The van der Waals surface area contributed by atoms with Crippen molar-refractivity contribution >= 4 is 42.3 Å². The van der Waals surface area contributed by atoms with Gasteiger partial charge in [-0.15, -0.1) is 11.3 Å². The highest BCUT2D eigenvalue weighted by Crippen LogP contribution is 2.37. The molecule has 0 aliphatic rings. The molecule has 0 saturated heterocycles. The number of hydrogen-bond acceptors (Lipinski definition) is 4. The fourth-order valence-corrected chi connectivity index (χ4v) is 7.44. The van der Waals surface area contributed by atoms with Crippen molar-refractivity contribution in [3.8, 4) is 56.4 Å². The van der Waals surface area contributed by atoms with E-state index in [1.54, 1.807) is 0 Å². The van der Waals surface area contributed by atoms with E-state index in [0.717, 1.165) is 27.6 Å². The van der Waals surface area contributed by atoms with Crippen molar-refractivity contribution in [2.45, 2.75) is 0 Å². The van der Waals surface area contributed by atoms with Crippen LogP contribution in [0.3, 0.4) is 0 Å². The van der Waals surface area contributed by atoms with Crippen LogP contribution in [0.25, 0.3) is 87.4 Å². The van der Waals surface area contributed by atoms with Gasteiger partial charge in [0.1, 0.15) is 0 Å². The lowest BCUT2D eigenvalue weighted by atomic mass is 9.99. The molecule has 4 heteroatoms. The van der Waals surface area contributed by atoms with E-state index < -0.39 is 0 Å². The topological polar surface area (TPSA) is 38.7 Å². The summed E-state index contributed by atoms with van der Waals surface area (Å²) in [4.78, 5) is 15.1. The van der Waals surface area contributed by atoms with Crippen molar-refractivity contribution in [3.05, 3.63) is 164 Å². The molecule has 0 fully saturated rings. The molecule has 3 nitrogen and oxygen atoms in total. The van der Waals surface area contributed by atoms with Crippen LogP contribution in [-0.2, 0) is 0 Å². The van der Waals surface area contributed by atoms with Gasteiger partial charge in [-0.25, -0.2) is 15.0 Å². The normalized spacial score (nSPS) is 11.4. The first-order valence-electron chi connectivity index (χ1n) is 15.7. The van der Waals surface area contributed by atoms with Crippen molar-refractivity contribution in [1.82, 2.24) is 15.0 Å². The Balaban J connectivity index is 1.16. The maximum absolute atomic E-state index is 5.08. The number of benzene rings is 7. The Morgan fingerprint density at radius 1 is 0.298 bits per heavy atom. The standard InChI is InChI=1S/C43H27N3S/c1-3-10-28(11-4-1)32-20-18-29-19-21-35(26-36(29)25-32)43-45-41(30-12-5-2-6-13-30)44-42(46-43)34-15-9-14-31(24-34)33-22-23-38-37-16-7-8-17-39(37)47-40(38)27-33/h1-27H. The summed E-state index contributed by atoms with van der Waals surface area (Å²) in [6.07, 6.45) is 0. The van der Waals surface area contributed by atoms with Crippen molar-refractivity contribution < 1.29 is 0 Å². The summed E-state index contributed by atoms with van der Waals surface area (Å²) in [6.45, 7) is 0. The number of fused-ring (bicyclic) bond motifs is 4. The largest absolute Gasteiger partial charge is 0.208 e. The van der Waals surface area contributed by atoms with Gasteiger partial charge >= 0.3 is 0 Å². The Morgan fingerprint density at radius 2 is 0.809 bits per heavy atom. The highest BCUT2D eigenvalue weighted by molar-refractivity contribution is 7.25. The first kappa shape index (κ1) is 27.3. The molecule has 0 bridgehead atoms. The highest BCUT2D eigenvalue weighted by atomic mass is 32.1. The third-order valence-corrected chi connectivity index (χ3v) is 9.84. The smallest absolute Gasteiger partial charge is 0.164 e. The Morgan fingerprint density at radius 3 is 1.60 bits per heavy atom. The molecule has 0 aliphatic carbocycles. The van der Waals surface area contributed by atoms with Crippen LogP contribution in [0, 0.1) is 0 Å². The van der Waals surface area contributed by atoms with Gasteiger partial charge in [0.05, 0.1) is 0 Å².